The van der Waals surface area contributed by atoms with Crippen LogP contribution >= 0.6 is 0 Å². The number of fused-ring (bicyclic) bond motifs is 1. The third kappa shape index (κ3) is 3.17. The van der Waals surface area contributed by atoms with Crippen molar-refractivity contribution < 1.29 is 10.2 Å². The molecule has 0 amide bonds. The van der Waals surface area contributed by atoms with Crippen molar-refractivity contribution in [2.75, 3.05) is 13.2 Å². The summed E-state index contributed by atoms with van der Waals surface area (Å²) >= 11 is 0. The Morgan fingerprint density at radius 3 is 2.90 bits per heavy atom. The number of rotatable bonds is 7. The van der Waals surface area contributed by atoms with Crippen molar-refractivity contribution in [3.05, 3.63) is 30.1 Å². The number of aromatic nitrogens is 2. The van der Waals surface area contributed by atoms with Crippen molar-refractivity contribution in [2.24, 2.45) is 7.05 Å². The zero-order valence-corrected chi connectivity index (χ0v) is 12.1. The number of benzene rings is 1. The molecule has 0 saturated carbocycles. The molecular weight excluding hydrogens is 254 g/mol. The number of hydrogen-bond acceptors (Lipinski definition) is 4. The van der Waals surface area contributed by atoms with Crippen LogP contribution in [0, 0.1) is 0 Å². The molecule has 1 heterocycles. The summed E-state index contributed by atoms with van der Waals surface area (Å²) in [5, 5.41) is 22.6. The molecule has 0 radical (unpaired) electrons. The lowest BCUT2D eigenvalue weighted by molar-refractivity contribution is 0.124. The molecule has 3 N–H and O–H groups in total. The predicted molar refractivity (Wildman–Crippen MR) is 79.5 cm³/mol. The van der Waals surface area contributed by atoms with Gasteiger partial charge >= 0.3 is 0 Å². The van der Waals surface area contributed by atoms with E-state index in [4.69, 9.17) is 5.11 Å². The lowest BCUT2D eigenvalue weighted by atomic mass is 9.99. The molecule has 0 saturated heterocycles. The number of nitrogens with one attached hydrogen (secondary N) is 1. The number of nitrogens with zero attached hydrogens (tertiary/aromatic N) is 2. The highest BCUT2D eigenvalue weighted by atomic mass is 16.3. The van der Waals surface area contributed by atoms with Crippen LogP contribution in [0.1, 0.15) is 31.4 Å². The molecule has 0 aliphatic rings. The van der Waals surface area contributed by atoms with Gasteiger partial charge in [0.2, 0.25) is 0 Å². The first kappa shape index (κ1) is 15.0. The average Bonchev–Trinajstić information content (AvgIpc) is 2.84. The van der Waals surface area contributed by atoms with Gasteiger partial charge < -0.3 is 20.1 Å². The van der Waals surface area contributed by atoms with Gasteiger partial charge in [0.1, 0.15) is 0 Å². The smallest absolute Gasteiger partial charge is 0.0955 e. The fourth-order valence-electron chi connectivity index (χ4n) is 2.42. The largest absolute Gasteiger partial charge is 0.396 e. The molecule has 0 fully saturated rings. The van der Waals surface area contributed by atoms with E-state index >= 15 is 0 Å². The molecule has 0 aliphatic carbocycles. The van der Waals surface area contributed by atoms with Crippen LogP contribution in [0.25, 0.3) is 11.0 Å². The van der Waals surface area contributed by atoms with E-state index in [2.05, 4.69) is 10.3 Å². The molecular formula is C15H23N3O2. The van der Waals surface area contributed by atoms with E-state index in [0.717, 1.165) is 23.0 Å². The zero-order valence-electron chi connectivity index (χ0n) is 12.1. The van der Waals surface area contributed by atoms with E-state index in [-0.39, 0.29) is 12.6 Å². The highest BCUT2D eigenvalue weighted by Gasteiger charge is 2.19. The van der Waals surface area contributed by atoms with Crippen molar-refractivity contribution in [2.45, 2.75) is 31.9 Å². The highest BCUT2D eigenvalue weighted by Crippen LogP contribution is 2.22. The number of imidazole rings is 1. The van der Waals surface area contributed by atoms with Crippen LogP contribution in [0.3, 0.4) is 0 Å². The summed E-state index contributed by atoms with van der Waals surface area (Å²) in [6.45, 7) is 2.91. The Hall–Kier alpha value is -1.43. The standard InChI is InChI=1S/C15H23N3O2/c1-3-12(16-7-4-8-19)15(20)11-5-6-14-13(9-11)17-10-18(14)2/h5-6,9-10,12,15-16,19-20H,3-4,7-8H2,1-2H3. The number of aliphatic hydroxyl groups excluding tert-OH is 2. The Bertz CT molecular complexity index is 553. The van der Waals surface area contributed by atoms with E-state index in [1.807, 2.05) is 36.7 Å². The van der Waals surface area contributed by atoms with Crippen molar-refractivity contribution in [3.8, 4) is 0 Å². The van der Waals surface area contributed by atoms with Gasteiger partial charge in [-0.15, -0.1) is 0 Å². The van der Waals surface area contributed by atoms with Crippen LogP contribution in [0.4, 0.5) is 0 Å². The second kappa shape index (κ2) is 6.83. The maximum absolute atomic E-state index is 10.5. The van der Waals surface area contributed by atoms with Crippen LogP contribution < -0.4 is 5.32 Å². The number of hydrogen-bond donors (Lipinski definition) is 3. The zero-order chi connectivity index (χ0) is 14.5. The second-order valence-electron chi connectivity index (χ2n) is 5.09. The minimum absolute atomic E-state index is 0.0114. The Balaban J connectivity index is 2.13. The second-order valence-corrected chi connectivity index (χ2v) is 5.09. The summed E-state index contributed by atoms with van der Waals surface area (Å²) in [5.41, 5.74) is 2.83. The quantitative estimate of drug-likeness (QED) is 0.668. The molecule has 2 aromatic rings. The van der Waals surface area contributed by atoms with Crippen molar-refractivity contribution in [1.29, 1.82) is 0 Å². The van der Waals surface area contributed by atoms with Gasteiger partial charge in [-0.25, -0.2) is 4.98 Å². The first-order valence-corrected chi connectivity index (χ1v) is 7.10. The van der Waals surface area contributed by atoms with Gasteiger partial charge in [-0.2, -0.15) is 0 Å². The molecule has 20 heavy (non-hydrogen) atoms. The number of aliphatic hydroxyl groups is 2. The average molecular weight is 277 g/mol. The SMILES string of the molecule is CCC(NCCCO)C(O)c1ccc2c(c1)ncn2C. The van der Waals surface area contributed by atoms with Crippen LogP contribution in [0.15, 0.2) is 24.5 Å². The summed E-state index contributed by atoms with van der Waals surface area (Å²) in [6.07, 6.45) is 2.73. The van der Waals surface area contributed by atoms with Crippen molar-refractivity contribution in [3.63, 3.8) is 0 Å². The minimum atomic E-state index is -0.565. The molecule has 2 unspecified atom stereocenters. The highest BCUT2D eigenvalue weighted by molar-refractivity contribution is 5.76. The third-order valence-electron chi connectivity index (χ3n) is 3.65. The normalized spacial score (nSPS) is 14.6. The van der Waals surface area contributed by atoms with E-state index in [9.17, 15) is 5.11 Å². The Kier molecular flexibility index (Phi) is 5.11. The molecule has 0 spiro atoms. The van der Waals surface area contributed by atoms with Crippen molar-refractivity contribution >= 4 is 11.0 Å². The van der Waals surface area contributed by atoms with E-state index in [0.29, 0.717) is 13.0 Å². The summed E-state index contributed by atoms with van der Waals surface area (Å²) in [6, 6.07) is 5.87. The van der Waals surface area contributed by atoms with E-state index in [1.165, 1.54) is 0 Å². The van der Waals surface area contributed by atoms with E-state index in [1.54, 1.807) is 6.33 Å². The Morgan fingerprint density at radius 2 is 2.20 bits per heavy atom. The first-order valence-electron chi connectivity index (χ1n) is 7.10. The van der Waals surface area contributed by atoms with Gasteiger partial charge in [0.15, 0.2) is 0 Å². The fraction of sp³-hybridized carbons (Fsp3) is 0.533. The summed E-state index contributed by atoms with van der Waals surface area (Å²) < 4.78 is 1.96. The lowest BCUT2D eigenvalue weighted by Gasteiger charge is -2.23. The van der Waals surface area contributed by atoms with Gasteiger partial charge in [0.25, 0.3) is 0 Å². The molecule has 0 bridgehead atoms. The minimum Gasteiger partial charge on any atom is -0.396 e. The maximum Gasteiger partial charge on any atom is 0.0955 e. The Morgan fingerprint density at radius 1 is 1.40 bits per heavy atom. The Labute approximate surface area is 119 Å². The van der Waals surface area contributed by atoms with Gasteiger partial charge in [-0.3, -0.25) is 0 Å². The van der Waals surface area contributed by atoms with Gasteiger partial charge in [-0.1, -0.05) is 13.0 Å². The molecule has 1 aromatic heterocycles. The van der Waals surface area contributed by atoms with E-state index < -0.39 is 6.10 Å². The maximum atomic E-state index is 10.5. The van der Waals surface area contributed by atoms with Crippen molar-refractivity contribution in [1.82, 2.24) is 14.9 Å². The topological polar surface area (TPSA) is 70.3 Å². The van der Waals surface area contributed by atoms with Crippen LogP contribution in [0.2, 0.25) is 0 Å². The fourth-order valence-corrected chi connectivity index (χ4v) is 2.42. The van der Waals surface area contributed by atoms with Crippen LogP contribution in [-0.2, 0) is 7.05 Å². The predicted octanol–water partition coefficient (Wildman–Crippen LogP) is 1.36. The first-order chi connectivity index (χ1) is 9.67. The summed E-state index contributed by atoms with van der Waals surface area (Å²) in [7, 11) is 1.96. The summed E-state index contributed by atoms with van der Waals surface area (Å²) in [4.78, 5) is 4.32. The summed E-state index contributed by atoms with van der Waals surface area (Å²) in [5.74, 6) is 0. The number of aryl methyl sites for hydroxylation is 1. The lowest BCUT2D eigenvalue weighted by Crippen LogP contribution is -2.35. The van der Waals surface area contributed by atoms with Crippen LogP contribution in [0.5, 0.6) is 0 Å². The van der Waals surface area contributed by atoms with Gasteiger partial charge in [0.05, 0.1) is 23.5 Å². The van der Waals surface area contributed by atoms with Crippen LogP contribution in [-0.4, -0.2) is 39.0 Å². The molecule has 1 aromatic carbocycles. The molecule has 110 valence electrons. The van der Waals surface area contributed by atoms with Gasteiger partial charge in [0, 0.05) is 19.7 Å². The monoisotopic (exact) mass is 277 g/mol. The molecule has 2 rings (SSSR count). The molecule has 2 atom stereocenters. The molecule has 5 nitrogen and oxygen atoms in total. The molecule has 0 aliphatic heterocycles. The molecule has 5 heteroatoms. The van der Waals surface area contributed by atoms with Gasteiger partial charge in [-0.05, 0) is 37.1 Å². The third-order valence-corrected chi connectivity index (χ3v) is 3.65.